The van der Waals surface area contributed by atoms with E-state index in [1.807, 2.05) is 14.0 Å². The Kier molecular flexibility index (Phi) is 5.26. The van der Waals surface area contributed by atoms with Gasteiger partial charge in [-0.25, -0.2) is 0 Å². The first-order chi connectivity index (χ1) is 6.83. The van der Waals surface area contributed by atoms with Crippen molar-refractivity contribution in [1.29, 1.82) is 0 Å². The van der Waals surface area contributed by atoms with Crippen molar-refractivity contribution < 1.29 is 34.2 Å². The van der Waals surface area contributed by atoms with Crippen molar-refractivity contribution in [2.75, 3.05) is 7.11 Å². The molecule has 3 heteroatoms. The molecule has 0 spiro atoms. The number of fused-ring (bicyclic) bond motifs is 2. The number of hydrogen-bond acceptors (Lipinski definition) is 1. The van der Waals surface area contributed by atoms with E-state index < -0.39 is 6.35 Å². The fourth-order valence-electron chi connectivity index (χ4n) is 3.85. The van der Waals surface area contributed by atoms with Crippen molar-refractivity contribution in [3.8, 4) is 11.7 Å². The van der Waals surface area contributed by atoms with Crippen LogP contribution in [0.1, 0.15) is 45.4 Å². The summed E-state index contributed by atoms with van der Waals surface area (Å²) in [7, 11) is 1.88. The van der Waals surface area contributed by atoms with Crippen LogP contribution in [0.2, 0.25) is 11.6 Å². The van der Waals surface area contributed by atoms with Gasteiger partial charge in [-0.2, -0.15) is 5.92 Å². The molecule has 2 bridgehead atoms. The Labute approximate surface area is 116 Å². The van der Waals surface area contributed by atoms with Crippen LogP contribution in [0.4, 0.5) is 0 Å². The van der Waals surface area contributed by atoms with E-state index in [1.165, 1.54) is 38.5 Å². The minimum Gasteiger partial charge on any atom is -0.582 e. The van der Waals surface area contributed by atoms with Gasteiger partial charge in [0.05, 0.1) is 0 Å². The van der Waals surface area contributed by atoms with Gasteiger partial charge in [0, 0.05) is 0 Å². The second kappa shape index (κ2) is 5.78. The molecular weight excluding hydrogens is 194 g/mol. The molecule has 0 aromatic carbocycles. The molecule has 0 amide bonds. The van der Waals surface area contributed by atoms with Crippen molar-refractivity contribution >= 4 is 6.35 Å². The average molecular weight is 214 g/mol. The largest absolute Gasteiger partial charge is 1.00 e. The van der Waals surface area contributed by atoms with E-state index in [9.17, 15) is 0 Å². The SMILES string of the molecule is CC#C[B-]1(OC)C2CCCC1CCC2.[Na+]. The van der Waals surface area contributed by atoms with Crippen LogP contribution in [0.15, 0.2) is 0 Å². The molecule has 0 saturated carbocycles. The Bertz CT molecular complexity index is 247. The Hall–Kier alpha value is 0.585. The van der Waals surface area contributed by atoms with Gasteiger partial charge in [0.1, 0.15) is 0 Å². The first-order valence-corrected chi connectivity index (χ1v) is 5.98. The molecule has 78 valence electrons. The third kappa shape index (κ3) is 2.32. The molecule has 2 heterocycles. The van der Waals surface area contributed by atoms with E-state index in [4.69, 9.17) is 4.65 Å². The van der Waals surface area contributed by atoms with Gasteiger partial charge in [-0.3, -0.25) is 5.82 Å². The van der Waals surface area contributed by atoms with E-state index in [0.717, 1.165) is 11.6 Å². The van der Waals surface area contributed by atoms with Crippen LogP contribution >= 0.6 is 0 Å². The Morgan fingerprint density at radius 1 is 1.07 bits per heavy atom. The molecular formula is C12H20BNaO. The maximum absolute atomic E-state index is 5.88. The summed E-state index contributed by atoms with van der Waals surface area (Å²) >= 11 is 0. The summed E-state index contributed by atoms with van der Waals surface area (Å²) in [4.78, 5) is 0. The van der Waals surface area contributed by atoms with Crippen LogP contribution in [-0.4, -0.2) is 13.5 Å². The van der Waals surface area contributed by atoms with Gasteiger partial charge in [-0.1, -0.05) is 38.5 Å². The van der Waals surface area contributed by atoms with Crippen LogP contribution in [-0.2, 0) is 4.65 Å². The zero-order chi connectivity index (χ0) is 10.0. The topological polar surface area (TPSA) is 9.23 Å². The van der Waals surface area contributed by atoms with Crippen LogP contribution in [0.5, 0.6) is 0 Å². The van der Waals surface area contributed by atoms with Crippen molar-refractivity contribution in [1.82, 2.24) is 0 Å². The summed E-state index contributed by atoms with van der Waals surface area (Å²) < 4.78 is 5.88. The zero-order valence-electron chi connectivity index (χ0n) is 10.4. The summed E-state index contributed by atoms with van der Waals surface area (Å²) in [5, 5.41) is 0. The first kappa shape index (κ1) is 13.6. The fourth-order valence-corrected chi connectivity index (χ4v) is 3.85. The summed E-state index contributed by atoms with van der Waals surface area (Å²) in [6.07, 6.45) is 7.39. The molecule has 0 atom stereocenters. The predicted octanol–water partition coefficient (Wildman–Crippen LogP) is 0.253. The molecule has 1 nitrogen and oxygen atoms in total. The molecule has 0 aliphatic carbocycles. The summed E-state index contributed by atoms with van der Waals surface area (Å²) in [5.41, 5.74) is 0. The monoisotopic (exact) mass is 214 g/mol. The molecule has 0 aromatic rings. The van der Waals surface area contributed by atoms with Crippen molar-refractivity contribution in [3.63, 3.8) is 0 Å². The minimum atomic E-state index is -0.792. The quantitative estimate of drug-likeness (QED) is 0.449. The first-order valence-electron chi connectivity index (χ1n) is 5.98. The number of hydrogen-bond donors (Lipinski definition) is 0. The van der Waals surface area contributed by atoms with Crippen molar-refractivity contribution in [2.45, 2.75) is 57.1 Å². The van der Waals surface area contributed by atoms with Gasteiger partial charge in [-0.05, 0) is 14.0 Å². The molecule has 2 fully saturated rings. The standard InChI is InChI=1S/C12H20BO.Na/c1-3-10-13(14-2)11-6-4-7-12(13)9-5-8-11;/h11-12H,4-9H2,1-2H3;/q-1;+1. The van der Waals surface area contributed by atoms with E-state index in [0.29, 0.717) is 0 Å². The predicted molar refractivity (Wildman–Crippen MR) is 61.4 cm³/mol. The van der Waals surface area contributed by atoms with E-state index >= 15 is 0 Å². The van der Waals surface area contributed by atoms with E-state index in [2.05, 4.69) is 11.7 Å². The van der Waals surface area contributed by atoms with Gasteiger partial charge in [0.2, 0.25) is 0 Å². The normalized spacial score (nSPS) is 38.5. The minimum absolute atomic E-state index is 0. The molecule has 2 saturated heterocycles. The van der Waals surface area contributed by atoms with Crippen molar-refractivity contribution in [2.24, 2.45) is 0 Å². The Morgan fingerprint density at radius 2 is 1.53 bits per heavy atom. The molecule has 0 N–H and O–H groups in total. The Balaban J connectivity index is 0.00000112. The van der Waals surface area contributed by atoms with E-state index in [-0.39, 0.29) is 29.6 Å². The van der Waals surface area contributed by atoms with Gasteiger partial charge in [0.15, 0.2) is 6.35 Å². The van der Waals surface area contributed by atoms with Gasteiger partial charge in [0.25, 0.3) is 0 Å². The average Bonchev–Trinajstić information content (AvgIpc) is 2.17. The van der Waals surface area contributed by atoms with Crippen molar-refractivity contribution in [3.05, 3.63) is 0 Å². The van der Waals surface area contributed by atoms with Gasteiger partial charge < -0.3 is 4.65 Å². The molecule has 0 unspecified atom stereocenters. The molecule has 2 aliphatic heterocycles. The van der Waals surface area contributed by atoms with Gasteiger partial charge >= 0.3 is 29.6 Å². The molecule has 0 radical (unpaired) electrons. The fraction of sp³-hybridized carbons (Fsp3) is 0.833. The zero-order valence-corrected chi connectivity index (χ0v) is 12.4. The second-order valence-electron chi connectivity index (χ2n) is 4.93. The van der Waals surface area contributed by atoms with Crippen LogP contribution < -0.4 is 29.6 Å². The maximum Gasteiger partial charge on any atom is 1.00 e. The molecule has 2 rings (SSSR count). The van der Waals surface area contributed by atoms with Crippen LogP contribution in [0.3, 0.4) is 0 Å². The summed E-state index contributed by atoms with van der Waals surface area (Å²) in [6, 6.07) is 0. The molecule has 0 aromatic heterocycles. The molecule has 2 aliphatic rings. The molecule has 15 heavy (non-hydrogen) atoms. The van der Waals surface area contributed by atoms with E-state index in [1.54, 1.807) is 0 Å². The van der Waals surface area contributed by atoms with Crippen LogP contribution in [0.25, 0.3) is 0 Å². The van der Waals surface area contributed by atoms with Crippen LogP contribution in [0, 0.1) is 11.7 Å². The number of rotatable bonds is 1. The maximum atomic E-state index is 5.88. The summed E-state index contributed by atoms with van der Waals surface area (Å²) in [5.74, 6) is 8.08. The second-order valence-corrected chi connectivity index (χ2v) is 4.93. The summed E-state index contributed by atoms with van der Waals surface area (Å²) in [6.45, 7) is 1.95. The third-order valence-corrected chi connectivity index (χ3v) is 4.46. The van der Waals surface area contributed by atoms with Gasteiger partial charge in [-0.15, -0.1) is 11.6 Å². The smallest absolute Gasteiger partial charge is 0.582 e. The third-order valence-electron chi connectivity index (χ3n) is 4.46. The Morgan fingerprint density at radius 3 is 1.87 bits per heavy atom.